The Kier molecular flexibility index (Phi) is 4.85. The van der Waals surface area contributed by atoms with Gasteiger partial charge in [0.2, 0.25) is 0 Å². The molecule has 2 heterocycles. The zero-order valence-electron chi connectivity index (χ0n) is 13.3. The van der Waals surface area contributed by atoms with Crippen molar-refractivity contribution in [2.45, 2.75) is 51.0 Å². The van der Waals surface area contributed by atoms with Crippen molar-refractivity contribution in [3.63, 3.8) is 0 Å². The van der Waals surface area contributed by atoms with E-state index < -0.39 is 10.2 Å². The van der Waals surface area contributed by atoms with Crippen molar-refractivity contribution >= 4 is 10.2 Å². The molecule has 2 saturated heterocycles. The number of hydrogen-bond acceptors (Lipinski definition) is 2. The lowest BCUT2D eigenvalue weighted by Crippen LogP contribution is -2.51. The van der Waals surface area contributed by atoms with Gasteiger partial charge in [0, 0.05) is 25.7 Å². The van der Waals surface area contributed by atoms with Crippen molar-refractivity contribution in [2.24, 2.45) is 0 Å². The zero-order chi connectivity index (χ0) is 15.6. The first-order valence-electron chi connectivity index (χ1n) is 8.41. The van der Waals surface area contributed by atoms with Crippen LogP contribution in [0.25, 0.3) is 0 Å². The van der Waals surface area contributed by atoms with Crippen LogP contribution >= 0.6 is 0 Å². The van der Waals surface area contributed by atoms with E-state index in [9.17, 15) is 8.42 Å². The van der Waals surface area contributed by atoms with Crippen LogP contribution in [0, 0.1) is 0 Å². The van der Waals surface area contributed by atoms with Gasteiger partial charge < -0.3 is 0 Å². The van der Waals surface area contributed by atoms with Gasteiger partial charge in [-0.1, -0.05) is 36.8 Å². The summed E-state index contributed by atoms with van der Waals surface area (Å²) in [6, 6.07) is 10.6. The summed E-state index contributed by atoms with van der Waals surface area (Å²) < 4.78 is 29.1. The van der Waals surface area contributed by atoms with Gasteiger partial charge in [0.1, 0.15) is 0 Å². The summed E-state index contributed by atoms with van der Waals surface area (Å²) in [5, 5.41) is 0. The van der Waals surface area contributed by atoms with Gasteiger partial charge >= 0.3 is 0 Å². The molecular formula is C17H26N2O2S. The zero-order valence-corrected chi connectivity index (χ0v) is 14.1. The van der Waals surface area contributed by atoms with Crippen LogP contribution in [0.5, 0.6) is 0 Å². The Morgan fingerprint density at radius 3 is 2.27 bits per heavy atom. The normalized spacial score (nSPS) is 26.1. The third kappa shape index (κ3) is 3.21. The summed E-state index contributed by atoms with van der Waals surface area (Å²) in [6.07, 6.45) is 4.96. The maximum atomic E-state index is 12.8. The highest BCUT2D eigenvalue weighted by Crippen LogP contribution is 2.31. The molecular weight excluding hydrogens is 296 g/mol. The van der Waals surface area contributed by atoms with Crippen LogP contribution in [0.3, 0.4) is 0 Å². The molecule has 0 N–H and O–H groups in total. The van der Waals surface area contributed by atoms with Crippen LogP contribution in [-0.2, 0) is 10.2 Å². The molecule has 5 heteroatoms. The number of piperidine rings is 2. The average Bonchev–Trinajstić information content (AvgIpc) is 2.56. The van der Waals surface area contributed by atoms with Crippen molar-refractivity contribution in [3.8, 4) is 0 Å². The maximum absolute atomic E-state index is 12.8. The van der Waals surface area contributed by atoms with Crippen molar-refractivity contribution in [1.82, 2.24) is 8.61 Å². The number of hydrogen-bond donors (Lipinski definition) is 0. The lowest BCUT2D eigenvalue weighted by Gasteiger charge is -2.39. The van der Waals surface area contributed by atoms with E-state index in [1.165, 1.54) is 5.56 Å². The molecule has 0 bridgehead atoms. The van der Waals surface area contributed by atoms with Gasteiger partial charge in [-0.25, -0.2) is 0 Å². The summed E-state index contributed by atoms with van der Waals surface area (Å²) in [7, 11) is -3.27. The molecule has 1 aromatic rings. The molecule has 0 aromatic heterocycles. The lowest BCUT2D eigenvalue weighted by molar-refractivity contribution is 0.230. The van der Waals surface area contributed by atoms with Crippen LogP contribution in [0.1, 0.15) is 50.5 Å². The van der Waals surface area contributed by atoms with E-state index in [1.807, 2.05) is 13.0 Å². The molecule has 3 rings (SSSR count). The van der Waals surface area contributed by atoms with E-state index in [0.29, 0.717) is 25.6 Å². The summed E-state index contributed by atoms with van der Waals surface area (Å²) in [5.41, 5.74) is 1.34. The van der Waals surface area contributed by atoms with Gasteiger partial charge in [0.05, 0.1) is 0 Å². The molecule has 2 fully saturated rings. The highest BCUT2D eigenvalue weighted by Gasteiger charge is 2.36. The summed E-state index contributed by atoms with van der Waals surface area (Å²) in [5.74, 6) is 0.492. The average molecular weight is 322 g/mol. The first-order valence-corrected chi connectivity index (χ1v) is 9.80. The van der Waals surface area contributed by atoms with Crippen molar-refractivity contribution < 1.29 is 8.42 Å². The minimum Gasteiger partial charge on any atom is -0.195 e. The number of nitrogens with zero attached hydrogens (tertiary/aromatic N) is 2. The van der Waals surface area contributed by atoms with Crippen LogP contribution in [0.4, 0.5) is 0 Å². The quantitative estimate of drug-likeness (QED) is 0.858. The van der Waals surface area contributed by atoms with E-state index in [-0.39, 0.29) is 6.04 Å². The molecule has 122 valence electrons. The molecule has 0 aliphatic carbocycles. The summed E-state index contributed by atoms with van der Waals surface area (Å²) >= 11 is 0. The Morgan fingerprint density at radius 1 is 0.955 bits per heavy atom. The second kappa shape index (κ2) is 6.69. The maximum Gasteiger partial charge on any atom is 0.282 e. The topological polar surface area (TPSA) is 40.6 Å². The number of benzene rings is 1. The van der Waals surface area contributed by atoms with E-state index in [4.69, 9.17) is 0 Å². The molecule has 2 aliphatic rings. The van der Waals surface area contributed by atoms with Gasteiger partial charge in [0.15, 0.2) is 0 Å². The third-order valence-electron chi connectivity index (χ3n) is 5.09. The van der Waals surface area contributed by atoms with Gasteiger partial charge in [-0.3, -0.25) is 0 Å². The van der Waals surface area contributed by atoms with E-state index in [1.54, 1.807) is 8.61 Å². The van der Waals surface area contributed by atoms with Crippen LogP contribution in [-0.4, -0.2) is 42.7 Å². The molecule has 1 atom stereocenters. The van der Waals surface area contributed by atoms with Crippen molar-refractivity contribution in [3.05, 3.63) is 35.9 Å². The fourth-order valence-electron chi connectivity index (χ4n) is 3.71. The monoisotopic (exact) mass is 322 g/mol. The molecule has 0 amide bonds. The molecule has 0 unspecified atom stereocenters. The molecule has 1 aromatic carbocycles. The standard InChI is InChI=1S/C17H26N2O2S/c1-15-7-5-6-12-19(15)22(20,21)18-13-10-17(11-14-18)16-8-3-2-4-9-16/h2-4,8-9,15,17H,5-7,10-14H2,1H3/t15-/m1/s1. The Hall–Kier alpha value is -0.910. The summed E-state index contributed by atoms with van der Waals surface area (Å²) in [4.78, 5) is 0. The predicted molar refractivity (Wildman–Crippen MR) is 88.9 cm³/mol. The second-order valence-corrected chi connectivity index (χ2v) is 8.43. The highest BCUT2D eigenvalue weighted by molar-refractivity contribution is 7.86. The minimum absolute atomic E-state index is 0.144. The van der Waals surface area contributed by atoms with Gasteiger partial charge in [-0.15, -0.1) is 0 Å². The third-order valence-corrected chi connectivity index (χ3v) is 7.24. The van der Waals surface area contributed by atoms with E-state index in [2.05, 4.69) is 24.3 Å². The Morgan fingerprint density at radius 2 is 1.64 bits per heavy atom. The smallest absolute Gasteiger partial charge is 0.195 e. The number of rotatable bonds is 3. The molecule has 4 nitrogen and oxygen atoms in total. The van der Waals surface area contributed by atoms with Crippen LogP contribution in [0.15, 0.2) is 30.3 Å². The van der Waals surface area contributed by atoms with Crippen molar-refractivity contribution in [1.29, 1.82) is 0 Å². The Bertz CT molecular complexity index is 580. The van der Waals surface area contributed by atoms with Crippen molar-refractivity contribution in [2.75, 3.05) is 19.6 Å². The van der Waals surface area contributed by atoms with Crippen LogP contribution in [0.2, 0.25) is 0 Å². The molecule has 0 saturated carbocycles. The van der Waals surface area contributed by atoms with E-state index >= 15 is 0 Å². The Balaban J connectivity index is 1.65. The fraction of sp³-hybridized carbons (Fsp3) is 0.647. The Labute approximate surface area is 134 Å². The van der Waals surface area contributed by atoms with Gasteiger partial charge in [-0.05, 0) is 44.1 Å². The first kappa shape index (κ1) is 16.0. The first-order chi connectivity index (χ1) is 10.6. The molecule has 0 radical (unpaired) electrons. The second-order valence-electron chi connectivity index (χ2n) is 6.55. The fourth-order valence-corrected chi connectivity index (χ4v) is 5.60. The highest BCUT2D eigenvalue weighted by atomic mass is 32.2. The van der Waals surface area contributed by atoms with Gasteiger partial charge in [0.25, 0.3) is 10.2 Å². The minimum atomic E-state index is -3.27. The van der Waals surface area contributed by atoms with Gasteiger partial charge in [-0.2, -0.15) is 17.0 Å². The predicted octanol–water partition coefficient (Wildman–Crippen LogP) is 2.99. The lowest BCUT2D eigenvalue weighted by atomic mass is 9.90. The van der Waals surface area contributed by atoms with Crippen LogP contribution < -0.4 is 0 Å². The molecule has 0 spiro atoms. The largest absolute Gasteiger partial charge is 0.282 e. The molecule has 2 aliphatic heterocycles. The molecule has 22 heavy (non-hydrogen) atoms. The van der Waals surface area contributed by atoms with E-state index in [0.717, 1.165) is 32.1 Å². The SMILES string of the molecule is C[C@@H]1CCCCN1S(=O)(=O)N1CCC(c2ccccc2)CC1. The summed E-state index contributed by atoms with van der Waals surface area (Å²) in [6.45, 7) is 4.01.